The third-order valence-electron chi connectivity index (χ3n) is 9.19. The van der Waals surface area contributed by atoms with Gasteiger partial charge >= 0.3 is 0 Å². The normalized spacial score (nSPS) is 11.6. The maximum atomic E-state index is 12.7. The Kier molecular flexibility index (Phi) is 14.2. The van der Waals surface area contributed by atoms with E-state index in [0.717, 1.165) is 12.1 Å². The highest BCUT2D eigenvalue weighted by Gasteiger charge is 2.16. The first-order valence-corrected chi connectivity index (χ1v) is 23.8. The molecule has 18 nitrogen and oxygen atoms in total. The predicted octanol–water partition coefficient (Wildman–Crippen LogP) is 11.1. The van der Waals surface area contributed by atoms with Crippen molar-refractivity contribution in [1.82, 2.24) is 29.9 Å². The first-order chi connectivity index (χ1) is 32.5. The third kappa shape index (κ3) is 12.8. The number of nitrogens with one attached hydrogen (secondary N) is 6. The molecule has 8 aromatic rings. The minimum absolute atomic E-state index is 0.0512. The summed E-state index contributed by atoms with van der Waals surface area (Å²) in [5, 5.41) is 20.1. The lowest BCUT2D eigenvalue weighted by Crippen LogP contribution is -2.08. The molecule has 0 saturated heterocycles. The minimum atomic E-state index is -5.16. The predicted molar refractivity (Wildman–Crippen MR) is 263 cm³/mol. The first kappa shape index (κ1) is 47.4. The second-order valence-electron chi connectivity index (χ2n) is 14.1. The summed E-state index contributed by atoms with van der Waals surface area (Å²) in [7, 11) is -10.3. The molecule has 24 heteroatoms. The summed E-state index contributed by atoms with van der Waals surface area (Å²) >= 11 is 24.2. The van der Waals surface area contributed by atoms with E-state index in [4.69, 9.17) is 46.4 Å². The Morgan fingerprint density at radius 2 is 0.544 bits per heavy atom. The van der Waals surface area contributed by atoms with E-state index in [0.29, 0.717) is 42.8 Å². The van der Waals surface area contributed by atoms with Gasteiger partial charge in [0, 0.05) is 54.2 Å². The molecule has 344 valence electrons. The average Bonchev–Trinajstić information content (AvgIpc) is 3.28. The summed E-state index contributed by atoms with van der Waals surface area (Å²) in [6.07, 6.45) is 2.37. The van der Waals surface area contributed by atoms with E-state index in [-0.39, 0.29) is 58.2 Å². The minimum Gasteiger partial charge on any atom is -0.744 e. The number of nitrogens with zero attached hydrogens (tertiary/aromatic N) is 6. The average molecular weight is 1030 g/mol. The Hall–Kier alpha value is -7.14. The Morgan fingerprint density at radius 3 is 0.765 bits per heavy atom. The standard InChI is InChI=1S/C44H32Cl4N12O6S2/c45-27-5-15-31(16-6-27)49-39-55-40(50-32-17-7-28(46)8-18-32)58-43(57-39)53-35-13-3-25(37(23-35)67(61,62)63)1-2-26-4-14-36(24-38(26)68(64,65)66)54-44-59-41(51-33-19-9-29(47)10-20-33)56-42(60-44)52-34-21-11-30(48)12-22-34/h1-24H,(H,61,62,63)(H,64,65,66)(H3,49,50,53,55,57,58)(H3,51,52,54,56,59,60)/p-2/b2-1+. The molecule has 8 rings (SSSR count). The van der Waals surface area contributed by atoms with Crippen LogP contribution in [-0.4, -0.2) is 55.8 Å². The number of hydrogen-bond donors (Lipinski definition) is 6. The van der Waals surface area contributed by atoms with Gasteiger partial charge in [0.15, 0.2) is 0 Å². The molecule has 0 radical (unpaired) electrons. The molecule has 0 saturated carbocycles. The molecular weight excluding hydrogens is 999 g/mol. The number of anilines is 12. The third-order valence-corrected chi connectivity index (χ3v) is 12.0. The van der Waals surface area contributed by atoms with Gasteiger partial charge in [0.05, 0.1) is 9.79 Å². The monoisotopic (exact) mass is 1030 g/mol. The fraction of sp³-hybridized carbons (Fsp3) is 0. The van der Waals surface area contributed by atoms with Gasteiger partial charge in [-0.05, 0) is 132 Å². The van der Waals surface area contributed by atoms with E-state index in [9.17, 15) is 25.9 Å². The molecule has 2 heterocycles. The summed E-state index contributed by atoms with van der Waals surface area (Å²) in [5.41, 5.74) is 2.30. The van der Waals surface area contributed by atoms with Crippen molar-refractivity contribution in [3.63, 3.8) is 0 Å². The van der Waals surface area contributed by atoms with Crippen LogP contribution < -0.4 is 31.9 Å². The molecule has 0 bridgehead atoms. The van der Waals surface area contributed by atoms with E-state index < -0.39 is 30.0 Å². The maximum Gasteiger partial charge on any atom is 0.233 e. The molecule has 0 aliphatic heterocycles. The maximum absolute atomic E-state index is 12.7. The van der Waals surface area contributed by atoms with Gasteiger partial charge in [-0.3, -0.25) is 0 Å². The SMILES string of the molecule is O=S(=O)([O-])c1cc(Nc2nc(Nc3ccc(Cl)cc3)nc(Nc3ccc(Cl)cc3)n2)ccc1/C=C/c1ccc(Nc2nc(Nc3ccc(Cl)cc3)nc(Nc3ccc(Cl)cc3)n2)cc1S(=O)(=O)[O-]. The highest BCUT2D eigenvalue weighted by atomic mass is 35.5. The van der Waals surface area contributed by atoms with Crippen molar-refractivity contribution in [1.29, 1.82) is 0 Å². The number of benzene rings is 6. The lowest BCUT2D eigenvalue weighted by Gasteiger charge is -2.16. The van der Waals surface area contributed by atoms with Gasteiger partial charge in [0.2, 0.25) is 35.7 Å². The molecule has 0 spiro atoms. The lowest BCUT2D eigenvalue weighted by molar-refractivity contribution is 0.460. The zero-order chi connectivity index (χ0) is 48.0. The van der Waals surface area contributed by atoms with Crippen LogP contribution in [0.3, 0.4) is 0 Å². The summed E-state index contributed by atoms with van der Waals surface area (Å²) in [4.78, 5) is 25.1. The van der Waals surface area contributed by atoms with Crippen molar-refractivity contribution in [3.05, 3.63) is 165 Å². The Bertz CT molecular complexity index is 3040. The van der Waals surface area contributed by atoms with Gasteiger partial charge in [-0.2, -0.15) is 29.9 Å². The number of halogens is 4. The topological polar surface area (TPSA) is 264 Å². The summed E-state index contributed by atoms with van der Waals surface area (Å²) < 4.78 is 76.0. The van der Waals surface area contributed by atoms with Crippen LogP contribution in [0, 0.1) is 0 Å². The van der Waals surface area contributed by atoms with Crippen LogP contribution in [0.2, 0.25) is 20.1 Å². The smallest absolute Gasteiger partial charge is 0.233 e. The van der Waals surface area contributed by atoms with Gasteiger partial charge < -0.3 is 41.0 Å². The Morgan fingerprint density at radius 1 is 0.338 bits per heavy atom. The van der Waals surface area contributed by atoms with Crippen LogP contribution in [0.5, 0.6) is 0 Å². The second kappa shape index (κ2) is 20.4. The number of aromatic nitrogens is 6. The van der Waals surface area contributed by atoms with Gasteiger partial charge in [0.1, 0.15) is 20.2 Å². The van der Waals surface area contributed by atoms with Crippen molar-refractivity contribution < 1.29 is 25.9 Å². The molecular formula is C44H30Cl4N12O6S2-2. The molecule has 0 aliphatic carbocycles. The Labute approximate surface area is 408 Å². The molecule has 68 heavy (non-hydrogen) atoms. The van der Waals surface area contributed by atoms with Crippen LogP contribution in [0.15, 0.2) is 143 Å². The van der Waals surface area contributed by atoms with Gasteiger partial charge in [-0.15, -0.1) is 0 Å². The van der Waals surface area contributed by atoms with E-state index in [1.807, 2.05) is 0 Å². The summed E-state index contributed by atoms with van der Waals surface area (Å²) in [6, 6.07) is 34.6. The zero-order valence-corrected chi connectivity index (χ0v) is 39.0. The van der Waals surface area contributed by atoms with Crippen molar-refractivity contribution in [2.24, 2.45) is 0 Å². The van der Waals surface area contributed by atoms with Crippen molar-refractivity contribution in [2.45, 2.75) is 9.79 Å². The van der Waals surface area contributed by atoms with Crippen molar-refractivity contribution in [3.8, 4) is 0 Å². The van der Waals surface area contributed by atoms with Gasteiger partial charge in [-0.25, -0.2) is 16.8 Å². The lowest BCUT2D eigenvalue weighted by atomic mass is 10.1. The highest BCUT2D eigenvalue weighted by molar-refractivity contribution is 7.86. The second-order valence-corrected chi connectivity index (χ2v) is 18.6. The molecule has 6 aromatic carbocycles. The molecule has 0 fully saturated rings. The van der Waals surface area contributed by atoms with E-state index in [1.54, 1.807) is 97.1 Å². The summed E-state index contributed by atoms with van der Waals surface area (Å²) in [5.74, 6) is 0.242. The Balaban J connectivity index is 1.07. The van der Waals surface area contributed by atoms with Crippen LogP contribution in [0.25, 0.3) is 12.2 Å². The fourth-order valence-corrected chi connectivity index (χ4v) is 8.00. The van der Waals surface area contributed by atoms with Crippen LogP contribution in [0.4, 0.5) is 69.8 Å². The molecule has 0 amide bonds. The first-order valence-electron chi connectivity index (χ1n) is 19.5. The number of rotatable bonds is 16. The fourth-order valence-electron chi connectivity index (χ4n) is 6.11. The van der Waals surface area contributed by atoms with Crippen molar-refractivity contribution >= 4 is 149 Å². The largest absolute Gasteiger partial charge is 0.744 e. The van der Waals surface area contributed by atoms with Crippen LogP contribution in [-0.2, 0) is 20.2 Å². The molecule has 0 aliphatic rings. The number of hydrogen-bond acceptors (Lipinski definition) is 18. The van der Waals surface area contributed by atoms with E-state index in [2.05, 4.69) is 61.8 Å². The highest BCUT2D eigenvalue weighted by Crippen LogP contribution is 2.30. The molecule has 0 atom stereocenters. The zero-order valence-electron chi connectivity index (χ0n) is 34.3. The molecule has 0 unspecified atom stereocenters. The molecule has 6 N–H and O–H groups in total. The van der Waals surface area contributed by atoms with Gasteiger partial charge in [-0.1, -0.05) is 70.7 Å². The van der Waals surface area contributed by atoms with Crippen LogP contribution in [0.1, 0.15) is 11.1 Å². The quantitative estimate of drug-likeness (QED) is 0.0388. The summed E-state index contributed by atoms with van der Waals surface area (Å²) in [6.45, 7) is 0. The van der Waals surface area contributed by atoms with Crippen molar-refractivity contribution in [2.75, 3.05) is 31.9 Å². The van der Waals surface area contributed by atoms with E-state index >= 15 is 0 Å². The van der Waals surface area contributed by atoms with Gasteiger partial charge in [0.25, 0.3) is 0 Å². The van der Waals surface area contributed by atoms with Crippen LogP contribution >= 0.6 is 46.4 Å². The van der Waals surface area contributed by atoms with E-state index in [1.165, 1.54) is 36.4 Å². The molecule has 2 aromatic heterocycles.